The summed E-state index contributed by atoms with van der Waals surface area (Å²) in [6.07, 6.45) is 1.17. The molecule has 3 nitrogen and oxygen atoms in total. The van der Waals surface area contributed by atoms with Gasteiger partial charge in [0.15, 0.2) is 0 Å². The number of hydrogen-bond donors (Lipinski definition) is 2. The number of hydrogen-bond acceptors (Lipinski definition) is 4. The van der Waals surface area contributed by atoms with Gasteiger partial charge in [0, 0.05) is 11.4 Å². The van der Waals surface area contributed by atoms with Crippen LogP contribution in [0.2, 0.25) is 0 Å². The normalized spacial score (nSPS) is 12.5. The van der Waals surface area contributed by atoms with Crippen molar-refractivity contribution in [1.29, 1.82) is 0 Å². The third kappa shape index (κ3) is 3.54. The lowest BCUT2D eigenvalue weighted by atomic mass is 10.1. The maximum absolute atomic E-state index is 9.97. The Balaban J connectivity index is 1.83. The number of thioether (sulfide) groups is 1. The standard InChI is InChI=1S/C13H15NO2S/c14-11-4-1-3-10(7-11)13(15)9-17-8-12-5-2-6-16-12/h1-7,13,15H,8-9,14H2. The summed E-state index contributed by atoms with van der Waals surface area (Å²) in [6, 6.07) is 11.1. The van der Waals surface area contributed by atoms with Crippen LogP contribution in [-0.2, 0) is 5.75 Å². The Morgan fingerprint density at radius 1 is 1.29 bits per heavy atom. The van der Waals surface area contributed by atoms with E-state index in [1.54, 1.807) is 24.1 Å². The number of benzene rings is 1. The molecule has 0 bridgehead atoms. The van der Waals surface area contributed by atoms with Crippen LogP contribution < -0.4 is 5.73 Å². The van der Waals surface area contributed by atoms with E-state index in [0.717, 1.165) is 17.1 Å². The number of furan rings is 1. The molecule has 0 spiro atoms. The third-order valence-corrected chi connectivity index (χ3v) is 3.44. The minimum atomic E-state index is -0.488. The quantitative estimate of drug-likeness (QED) is 0.800. The number of nitrogen functional groups attached to an aromatic ring is 1. The minimum Gasteiger partial charge on any atom is -0.468 e. The summed E-state index contributed by atoms with van der Waals surface area (Å²) in [5.74, 6) is 2.33. The van der Waals surface area contributed by atoms with Gasteiger partial charge in [-0.05, 0) is 29.8 Å². The average molecular weight is 249 g/mol. The molecule has 1 aromatic carbocycles. The zero-order chi connectivity index (χ0) is 12.1. The fourth-order valence-corrected chi connectivity index (χ4v) is 2.43. The van der Waals surface area contributed by atoms with Crippen LogP contribution in [0, 0.1) is 0 Å². The highest BCUT2D eigenvalue weighted by atomic mass is 32.2. The van der Waals surface area contributed by atoms with Gasteiger partial charge in [0.1, 0.15) is 5.76 Å². The molecule has 0 aliphatic rings. The molecule has 1 heterocycles. The summed E-state index contributed by atoms with van der Waals surface area (Å²) in [5.41, 5.74) is 7.21. The van der Waals surface area contributed by atoms with E-state index < -0.39 is 6.10 Å². The van der Waals surface area contributed by atoms with Crippen molar-refractivity contribution in [3.05, 3.63) is 54.0 Å². The Bertz CT molecular complexity index is 456. The van der Waals surface area contributed by atoms with Gasteiger partial charge >= 0.3 is 0 Å². The van der Waals surface area contributed by atoms with Gasteiger partial charge in [-0.1, -0.05) is 12.1 Å². The van der Waals surface area contributed by atoms with Gasteiger partial charge in [-0.2, -0.15) is 11.8 Å². The second kappa shape index (κ2) is 5.80. The highest BCUT2D eigenvalue weighted by Crippen LogP contribution is 2.22. The van der Waals surface area contributed by atoms with Crippen molar-refractivity contribution in [3.63, 3.8) is 0 Å². The van der Waals surface area contributed by atoms with Crippen LogP contribution in [0.5, 0.6) is 0 Å². The van der Waals surface area contributed by atoms with E-state index in [9.17, 15) is 5.11 Å². The predicted molar refractivity (Wildman–Crippen MR) is 70.7 cm³/mol. The number of anilines is 1. The first-order valence-electron chi connectivity index (χ1n) is 5.39. The van der Waals surface area contributed by atoms with E-state index in [4.69, 9.17) is 10.2 Å². The van der Waals surface area contributed by atoms with Crippen molar-refractivity contribution in [1.82, 2.24) is 0 Å². The molecule has 1 unspecified atom stereocenters. The number of aliphatic hydroxyl groups excluding tert-OH is 1. The Hall–Kier alpha value is -1.39. The SMILES string of the molecule is Nc1cccc(C(O)CSCc2ccco2)c1. The van der Waals surface area contributed by atoms with Crippen molar-refractivity contribution >= 4 is 17.4 Å². The maximum atomic E-state index is 9.97. The van der Waals surface area contributed by atoms with Gasteiger partial charge in [0.05, 0.1) is 18.1 Å². The van der Waals surface area contributed by atoms with Crippen LogP contribution in [0.1, 0.15) is 17.4 Å². The third-order valence-electron chi connectivity index (χ3n) is 2.40. The summed E-state index contributed by atoms with van der Waals surface area (Å²) in [6.45, 7) is 0. The van der Waals surface area contributed by atoms with Gasteiger partial charge in [0.25, 0.3) is 0 Å². The molecule has 0 amide bonds. The summed E-state index contributed by atoms with van der Waals surface area (Å²) in [7, 11) is 0. The monoisotopic (exact) mass is 249 g/mol. The molecular formula is C13H15NO2S. The van der Waals surface area contributed by atoms with Gasteiger partial charge in [-0.15, -0.1) is 0 Å². The van der Waals surface area contributed by atoms with Crippen molar-refractivity contribution in [2.45, 2.75) is 11.9 Å². The molecule has 2 aromatic rings. The fourth-order valence-electron chi connectivity index (χ4n) is 1.53. The molecule has 1 atom stereocenters. The highest BCUT2D eigenvalue weighted by Gasteiger charge is 2.08. The first-order chi connectivity index (χ1) is 8.25. The summed E-state index contributed by atoms with van der Waals surface area (Å²) in [4.78, 5) is 0. The number of nitrogens with two attached hydrogens (primary N) is 1. The van der Waals surface area contributed by atoms with Gasteiger partial charge < -0.3 is 15.3 Å². The van der Waals surface area contributed by atoms with Crippen LogP contribution in [0.15, 0.2) is 47.1 Å². The van der Waals surface area contributed by atoms with E-state index >= 15 is 0 Å². The highest BCUT2D eigenvalue weighted by molar-refractivity contribution is 7.98. The minimum absolute atomic E-state index is 0.488. The van der Waals surface area contributed by atoms with Gasteiger partial charge in [0.2, 0.25) is 0 Å². The van der Waals surface area contributed by atoms with E-state index in [0.29, 0.717) is 11.4 Å². The largest absolute Gasteiger partial charge is 0.468 e. The molecule has 0 aliphatic heterocycles. The van der Waals surface area contributed by atoms with Crippen molar-refractivity contribution < 1.29 is 9.52 Å². The molecule has 2 rings (SSSR count). The summed E-state index contributed by atoms with van der Waals surface area (Å²) >= 11 is 1.64. The molecule has 0 saturated heterocycles. The molecule has 4 heteroatoms. The van der Waals surface area contributed by atoms with Crippen LogP contribution >= 0.6 is 11.8 Å². The van der Waals surface area contributed by atoms with Crippen LogP contribution in [0.3, 0.4) is 0 Å². The van der Waals surface area contributed by atoms with Crippen LogP contribution in [0.25, 0.3) is 0 Å². The van der Waals surface area contributed by atoms with Gasteiger partial charge in [-0.3, -0.25) is 0 Å². The number of rotatable bonds is 5. The second-order valence-corrected chi connectivity index (χ2v) is 4.81. The van der Waals surface area contributed by atoms with E-state index in [1.807, 2.05) is 30.3 Å². The molecule has 3 N–H and O–H groups in total. The lowest BCUT2D eigenvalue weighted by Crippen LogP contribution is -2.01. The Kier molecular flexibility index (Phi) is 4.12. The van der Waals surface area contributed by atoms with Crippen molar-refractivity contribution in [2.75, 3.05) is 11.5 Å². The molecule has 0 radical (unpaired) electrons. The Labute approximate surface area is 105 Å². The summed E-state index contributed by atoms with van der Waals surface area (Å²) < 4.78 is 5.22. The van der Waals surface area contributed by atoms with Gasteiger partial charge in [-0.25, -0.2) is 0 Å². The van der Waals surface area contributed by atoms with E-state index in [2.05, 4.69) is 0 Å². The number of aliphatic hydroxyl groups is 1. The summed E-state index contributed by atoms with van der Waals surface area (Å²) in [5, 5.41) is 9.97. The first kappa shape index (κ1) is 12.1. The lowest BCUT2D eigenvalue weighted by Gasteiger charge is -2.10. The lowest BCUT2D eigenvalue weighted by molar-refractivity contribution is 0.204. The first-order valence-corrected chi connectivity index (χ1v) is 6.55. The maximum Gasteiger partial charge on any atom is 0.113 e. The van der Waals surface area contributed by atoms with Crippen molar-refractivity contribution in [3.8, 4) is 0 Å². The Morgan fingerprint density at radius 3 is 2.88 bits per heavy atom. The molecule has 0 fully saturated rings. The zero-order valence-electron chi connectivity index (χ0n) is 9.37. The fraction of sp³-hybridized carbons (Fsp3) is 0.231. The van der Waals surface area contributed by atoms with Crippen molar-refractivity contribution in [2.24, 2.45) is 0 Å². The zero-order valence-corrected chi connectivity index (χ0v) is 10.2. The molecule has 0 saturated carbocycles. The molecular weight excluding hydrogens is 234 g/mol. The second-order valence-electron chi connectivity index (χ2n) is 3.78. The van der Waals surface area contributed by atoms with Crippen LogP contribution in [0.4, 0.5) is 5.69 Å². The molecule has 90 valence electrons. The topological polar surface area (TPSA) is 59.4 Å². The van der Waals surface area contributed by atoms with E-state index in [1.165, 1.54) is 0 Å². The predicted octanol–water partition coefficient (Wildman–Crippen LogP) is 2.83. The van der Waals surface area contributed by atoms with E-state index in [-0.39, 0.29) is 0 Å². The molecule has 0 aliphatic carbocycles. The smallest absolute Gasteiger partial charge is 0.113 e. The molecule has 17 heavy (non-hydrogen) atoms. The average Bonchev–Trinajstić information content (AvgIpc) is 2.82. The van der Waals surface area contributed by atoms with Crippen LogP contribution in [-0.4, -0.2) is 10.9 Å². The molecule has 1 aromatic heterocycles. The Morgan fingerprint density at radius 2 is 2.18 bits per heavy atom.